The summed E-state index contributed by atoms with van der Waals surface area (Å²) in [4.78, 5) is 2.27. The van der Waals surface area contributed by atoms with Crippen LogP contribution in [-0.4, -0.2) is 37.6 Å². The molecule has 0 atom stereocenters. The quantitative estimate of drug-likeness (QED) is 0.606. The minimum absolute atomic E-state index is 0.269. The molecule has 0 fully saturated rings. The van der Waals surface area contributed by atoms with E-state index in [0.717, 1.165) is 13.1 Å². The molecule has 0 aliphatic heterocycles. The van der Waals surface area contributed by atoms with Crippen LogP contribution < -0.4 is 5.32 Å². The van der Waals surface area contributed by atoms with Crippen molar-refractivity contribution >= 4 is 0 Å². The van der Waals surface area contributed by atoms with Crippen LogP contribution in [-0.2, 0) is 0 Å². The van der Waals surface area contributed by atoms with Gasteiger partial charge in [0.2, 0.25) is 0 Å². The number of nitrogens with one attached hydrogen (secondary N) is 1. The zero-order valence-electron chi connectivity index (χ0n) is 10.7. The van der Waals surface area contributed by atoms with E-state index in [1.807, 2.05) is 0 Å². The van der Waals surface area contributed by atoms with Gasteiger partial charge in [-0.1, -0.05) is 26.2 Å². The molecule has 0 aromatic carbocycles. The summed E-state index contributed by atoms with van der Waals surface area (Å²) in [6, 6.07) is 0. The second-order valence-electron chi connectivity index (χ2n) is 4.94. The van der Waals surface area contributed by atoms with E-state index in [2.05, 4.69) is 45.1 Å². The minimum atomic E-state index is 0.269. The maximum atomic E-state index is 3.52. The Morgan fingerprint density at radius 3 is 2.21 bits per heavy atom. The lowest BCUT2D eigenvalue weighted by Crippen LogP contribution is -2.46. The molecule has 0 amide bonds. The van der Waals surface area contributed by atoms with Crippen LogP contribution in [0.25, 0.3) is 0 Å². The van der Waals surface area contributed by atoms with Crippen molar-refractivity contribution in [2.75, 3.05) is 27.2 Å². The van der Waals surface area contributed by atoms with Gasteiger partial charge in [0.05, 0.1) is 0 Å². The third kappa shape index (κ3) is 6.39. The van der Waals surface area contributed by atoms with Gasteiger partial charge in [0.15, 0.2) is 0 Å². The molecule has 0 aliphatic rings. The molecule has 0 spiro atoms. The summed E-state index contributed by atoms with van der Waals surface area (Å²) < 4.78 is 0. The number of hydrogen-bond acceptors (Lipinski definition) is 2. The van der Waals surface area contributed by atoms with Gasteiger partial charge in [0.1, 0.15) is 0 Å². The molecule has 2 heteroatoms. The summed E-state index contributed by atoms with van der Waals surface area (Å²) in [6.07, 6.45) is 5.38. The minimum Gasteiger partial charge on any atom is -0.315 e. The average Bonchev–Trinajstić information content (AvgIpc) is 2.10. The maximum Gasteiger partial charge on any atom is 0.0271 e. The van der Waals surface area contributed by atoms with Crippen molar-refractivity contribution in [3.05, 3.63) is 0 Å². The molecular weight excluding hydrogens is 172 g/mol. The fraction of sp³-hybridized carbons (Fsp3) is 1.00. The van der Waals surface area contributed by atoms with Crippen LogP contribution in [0.5, 0.6) is 0 Å². The molecule has 1 N–H and O–H groups in total. The number of likely N-dealkylation sites (N-methyl/N-ethyl adjacent to an activating group) is 1. The highest BCUT2D eigenvalue weighted by atomic mass is 15.2. The topological polar surface area (TPSA) is 15.3 Å². The van der Waals surface area contributed by atoms with Gasteiger partial charge in [-0.3, -0.25) is 0 Å². The second kappa shape index (κ2) is 7.24. The molecule has 0 saturated heterocycles. The molecule has 14 heavy (non-hydrogen) atoms. The van der Waals surface area contributed by atoms with Crippen LogP contribution in [0.3, 0.4) is 0 Å². The summed E-state index contributed by atoms with van der Waals surface area (Å²) in [5.41, 5.74) is 0.269. The first kappa shape index (κ1) is 13.9. The Kier molecular flexibility index (Phi) is 7.20. The Bertz CT molecular complexity index is 130. The lowest BCUT2D eigenvalue weighted by atomic mass is 10.0. The summed E-state index contributed by atoms with van der Waals surface area (Å²) in [6.45, 7) is 9.03. The van der Waals surface area contributed by atoms with Gasteiger partial charge < -0.3 is 10.2 Å². The van der Waals surface area contributed by atoms with E-state index < -0.39 is 0 Å². The van der Waals surface area contributed by atoms with E-state index in [-0.39, 0.29) is 5.54 Å². The van der Waals surface area contributed by atoms with E-state index in [9.17, 15) is 0 Å². The molecule has 0 radical (unpaired) electrons. The number of unbranched alkanes of at least 4 members (excludes halogenated alkanes) is 3. The fourth-order valence-electron chi connectivity index (χ4n) is 1.23. The van der Waals surface area contributed by atoms with Gasteiger partial charge in [-0.25, -0.2) is 0 Å². The van der Waals surface area contributed by atoms with Crippen LogP contribution >= 0.6 is 0 Å². The Morgan fingerprint density at radius 1 is 1.07 bits per heavy atom. The molecule has 0 heterocycles. The first-order valence-electron chi connectivity index (χ1n) is 5.89. The van der Waals surface area contributed by atoms with Crippen LogP contribution in [0.2, 0.25) is 0 Å². The van der Waals surface area contributed by atoms with Crippen molar-refractivity contribution in [2.24, 2.45) is 0 Å². The third-order valence-corrected chi connectivity index (χ3v) is 2.98. The molecule has 2 nitrogen and oxygen atoms in total. The molecule has 86 valence electrons. The maximum absolute atomic E-state index is 3.52. The van der Waals surface area contributed by atoms with Crippen LogP contribution in [0.15, 0.2) is 0 Å². The Hall–Kier alpha value is -0.0800. The van der Waals surface area contributed by atoms with Crippen molar-refractivity contribution in [2.45, 2.75) is 52.0 Å². The number of hydrogen-bond donors (Lipinski definition) is 1. The molecule has 0 aromatic heterocycles. The summed E-state index contributed by atoms with van der Waals surface area (Å²) >= 11 is 0. The Morgan fingerprint density at radius 2 is 1.71 bits per heavy atom. The van der Waals surface area contributed by atoms with Crippen molar-refractivity contribution in [1.82, 2.24) is 10.2 Å². The second-order valence-corrected chi connectivity index (χ2v) is 4.94. The Labute approximate surface area is 90.1 Å². The molecule has 0 aliphatic carbocycles. The summed E-state index contributed by atoms with van der Waals surface area (Å²) in [7, 11) is 4.28. The lowest BCUT2D eigenvalue weighted by molar-refractivity contribution is 0.190. The SMILES string of the molecule is CCCCCCNCC(C)(C)N(C)C. The van der Waals surface area contributed by atoms with Gasteiger partial charge in [0.25, 0.3) is 0 Å². The average molecular weight is 200 g/mol. The van der Waals surface area contributed by atoms with Crippen LogP contribution in [0.1, 0.15) is 46.5 Å². The predicted octanol–water partition coefficient (Wildman–Crippen LogP) is 2.50. The first-order valence-corrected chi connectivity index (χ1v) is 5.89. The fourth-order valence-corrected chi connectivity index (χ4v) is 1.23. The lowest BCUT2D eigenvalue weighted by Gasteiger charge is -2.32. The molecule has 0 aromatic rings. The van der Waals surface area contributed by atoms with E-state index in [0.29, 0.717) is 0 Å². The van der Waals surface area contributed by atoms with Crippen molar-refractivity contribution in [3.63, 3.8) is 0 Å². The van der Waals surface area contributed by atoms with E-state index in [1.54, 1.807) is 0 Å². The summed E-state index contributed by atoms with van der Waals surface area (Å²) in [5, 5.41) is 3.52. The Balaban J connectivity index is 3.35. The zero-order chi connectivity index (χ0) is 11.0. The molecule has 0 saturated carbocycles. The monoisotopic (exact) mass is 200 g/mol. The molecule has 0 bridgehead atoms. The van der Waals surface area contributed by atoms with Crippen molar-refractivity contribution in [1.29, 1.82) is 0 Å². The predicted molar refractivity (Wildman–Crippen MR) is 64.8 cm³/mol. The first-order chi connectivity index (χ1) is 6.50. The smallest absolute Gasteiger partial charge is 0.0271 e. The highest BCUT2D eigenvalue weighted by Crippen LogP contribution is 2.07. The standard InChI is InChI=1S/C12H28N2/c1-6-7-8-9-10-13-11-12(2,3)14(4)5/h13H,6-11H2,1-5H3. The van der Waals surface area contributed by atoms with Crippen LogP contribution in [0, 0.1) is 0 Å². The van der Waals surface area contributed by atoms with Gasteiger partial charge in [0, 0.05) is 12.1 Å². The molecule has 0 unspecified atom stereocenters. The normalized spacial score (nSPS) is 12.4. The van der Waals surface area contributed by atoms with Gasteiger partial charge in [-0.2, -0.15) is 0 Å². The van der Waals surface area contributed by atoms with Gasteiger partial charge >= 0.3 is 0 Å². The van der Waals surface area contributed by atoms with Crippen molar-refractivity contribution in [3.8, 4) is 0 Å². The summed E-state index contributed by atoms with van der Waals surface area (Å²) in [5.74, 6) is 0. The largest absolute Gasteiger partial charge is 0.315 e. The highest BCUT2D eigenvalue weighted by Gasteiger charge is 2.18. The number of rotatable bonds is 8. The van der Waals surface area contributed by atoms with Crippen LogP contribution in [0.4, 0.5) is 0 Å². The molecule has 0 rings (SSSR count). The van der Waals surface area contributed by atoms with E-state index in [4.69, 9.17) is 0 Å². The third-order valence-electron chi connectivity index (χ3n) is 2.98. The highest BCUT2D eigenvalue weighted by molar-refractivity contribution is 4.79. The van der Waals surface area contributed by atoms with Crippen molar-refractivity contribution < 1.29 is 0 Å². The van der Waals surface area contributed by atoms with E-state index in [1.165, 1.54) is 25.7 Å². The van der Waals surface area contributed by atoms with E-state index >= 15 is 0 Å². The van der Waals surface area contributed by atoms with Gasteiger partial charge in [-0.05, 0) is 40.9 Å². The number of nitrogens with zero attached hydrogens (tertiary/aromatic N) is 1. The molecular formula is C12H28N2. The van der Waals surface area contributed by atoms with Gasteiger partial charge in [-0.15, -0.1) is 0 Å². The zero-order valence-corrected chi connectivity index (χ0v) is 10.7.